The molecular weight excluding hydrogens is 424 g/mol. The molecule has 8 heteroatoms. The molecule has 0 aliphatic heterocycles. The predicted octanol–water partition coefficient (Wildman–Crippen LogP) is 4.57. The lowest BCUT2D eigenvalue weighted by atomic mass is 10.1. The molecular formula is C22H21ClN2O4S. The number of carbonyl (C=O) groups excluding carboxylic acids is 1. The summed E-state index contributed by atoms with van der Waals surface area (Å²) in [4.78, 5) is 12.6. The number of methoxy groups -OCH3 is 1. The van der Waals surface area contributed by atoms with Gasteiger partial charge in [-0.15, -0.1) is 0 Å². The molecule has 0 unspecified atom stereocenters. The molecule has 0 saturated carbocycles. The third-order valence-electron chi connectivity index (χ3n) is 4.41. The van der Waals surface area contributed by atoms with E-state index in [0.717, 1.165) is 11.8 Å². The van der Waals surface area contributed by atoms with Crippen molar-refractivity contribution >= 4 is 38.9 Å². The van der Waals surface area contributed by atoms with Gasteiger partial charge in [-0.05, 0) is 54.1 Å². The third-order valence-corrected chi connectivity index (χ3v) is 5.80. The molecule has 0 fully saturated rings. The van der Waals surface area contributed by atoms with Crippen molar-refractivity contribution in [2.45, 2.75) is 6.54 Å². The highest BCUT2D eigenvalue weighted by atomic mass is 35.5. The molecule has 1 amide bonds. The molecule has 0 bridgehead atoms. The molecule has 6 nitrogen and oxygen atoms in total. The third kappa shape index (κ3) is 5.31. The first-order chi connectivity index (χ1) is 14.3. The van der Waals surface area contributed by atoms with E-state index in [9.17, 15) is 13.2 Å². The Balaban J connectivity index is 1.81. The number of halogens is 1. The van der Waals surface area contributed by atoms with Crippen molar-refractivity contribution in [1.82, 2.24) is 0 Å². The number of amides is 1. The van der Waals surface area contributed by atoms with Gasteiger partial charge in [-0.25, -0.2) is 8.42 Å². The number of anilines is 2. The van der Waals surface area contributed by atoms with Gasteiger partial charge in [0.05, 0.1) is 31.3 Å². The summed E-state index contributed by atoms with van der Waals surface area (Å²) in [6.07, 6.45) is 1.14. The second-order valence-electron chi connectivity index (χ2n) is 6.60. The van der Waals surface area contributed by atoms with Crippen molar-refractivity contribution < 1.29 is 17.9 Å². The van der Waals surface area contributed by atoms with Crippen LogP contribution in [-0.4, -0.2) is 27.7 Å². The fourth-order valence-electron chi connectivity index (χ4n) is 2.88. The molecule has 3 aromatic carbocycles. The predicted molar refractivity (Wildman–Crippen MR) is 120 cm³/mol. The lowest BCUT2D eigenvalue weighted by Gasteiger charge is -2.23. The monoisotopic (exact) mass is 444 g/mol. The van der Waals surface area contributed by atoms with Gasteiger partial charge in [-0.3, -0.25) is 9.10 Å². The first-order valence-electron chi connectivity index (χ1n) is 9.04. The Morgan fingerprint density at radius 1 is 1.00 bits per heavy atom. The van der Waals surface area contributed by atoms with E-state index in [1.807, 2.05) is 6.07 Å². The molecule has 1 N–H and O–H groups in total. The topological polar surface area (TPSA) is 75.7 Å². The molecule has 0 atom stereocenters. The summed E-state index contributed by atoms with van der Waals surface area (Å²) >= 11 is 5.90. The van der Waals surface area contributed by atoms with Crippen molar-refractivity contribution in [1.29, 1.82) is 0 Å². The van der Waals surface area contributed by atoms with Crippen LogP contribution in [0.2, 0.25) is 5.02 Å². The molecule has 0 spiro atoms. The second kappa shape index (κ2) is 9.19. The SMILES string of the molecule is COc1ccccc1NC(=O)c1ccc(N(Cc2ccc(Cl)cc2)S(C)(=O)=O)cc1. The Bertz CT molecular complexity index is 1130. The van der Waals surface area contributed by atoms with E-state index in [1.165, 1.54) is 11.4 Å². The van der Waals surface area contributed by atoms with Gasteiger partial charge in [-0.2, -0.15) is 0 Å². The van der Waals surface area contributed by atoms with Gasteiger partial charge >= 0.3 is 0 Å². The van der Waals surface area contributed by atoms with Gasteiger partial charge in [0.25, 0.3) is 5.91 Å². The standard InChI is InChI=1S/C22H21ClN2O4S/c1-29-21-6-4-3-5-20(21)24-22(26)17-9-13-19(14-10-17)25(30(2,27)28)15-16-7-11-18(23)12-8-16/h3-14H,15H2,1-2H3,(H,24,26). The maximum atomic E-state index is 12.6. The largest absolute Gasteiger partial charge is 0.495 e. The number of hydrogen-bond donors (Lipinski definition) is 1. The lowest BCUT2D eigenvalue weighted by Crippen LogP contribution is -2.29. The van der Waals surface area contributed by atoms with Crippen LogP contribution in [0, 0.1) is 0 Å². The Morgan fingerprint density at radius 3 is 2.23 bits per heavy atom. The number of para-hydroxylation sites is 2. The second-order valence-corrected chi connectivity index (χ2v) is 8.94. The molecule has 0 radical (unpaired) electrons. The number of benzene rings is 3. The highest BCUT2D eigenvalue weighted by molar-refractivity contribution is 7.92. The molecule has 3 aromatic rings. The van der Waals surface area contributed by atoms with Crippen LogP contribution in [0.4, 0.5) is 11.4 Å². The summed E-state index contributed by atoms with van der Waals surface area (Å²) in [5.41, 5.74) is 2.20. The molecule has 0 aliphatic rings. The van der Waals surface area contributed by atoms with Gasteiger partial charge in [-0.1, -0.05) is 35.9 Å². The number of nitrogens with zero attached hydrogens (tertiary/aromatic N) is 1. The van der Waals surface area contributed by atoms with Gasteiger partial charge in [0.1, 0.15) is 5.75 Å². The van der Waals surface area contributed by atoms with E-state index in [-0.39, 0.29) is 12.5 Å². The Hall–Kier alpha value is -3.03. The maximum Gasteiger partial charge on any atom is 0.255 e. The summed E-state index contributed by atoms with van der Waals surface area (Å²) < 4.78 is 31.2. The minimum Gasteiger partial charge on any atom is -0.495 e. The number of sulfonamides is 1. The van der Waals surface area contributed by atoms with Crippen molar-refractivity contribution in [3.63, 3.8) is 0 Å². The number of ether oxygens (including phenoxy) is 1. The number of carbonyl (C=O) groups is 1. The first kappa shape index (κ1) is 21.7. The normalized spacial score (nSPS) is 11.0. The van der Waals surface area contributed by atoms with Crippen LogP contribution in [0.5, 0.6) is 5.75 Å². The summed E-state index contributed by atoms with van der Waals surface area (Å²) in [6, 6.07) is 20.4. The van der Waals surface area contributed by atoms with Crippen LogP contribution in [-0.2, 0) is 16.6 Å². The molecule has 3 rings (SSSR count). The van der Waals surface area contributed by atoms with Gasteiger partial charge < -0.3 is 10.1 Å². The Kier molecular flexibility index (Phi) is 6.64. The van der Waals surface area contributed by atoms with Crippen molar-refractivity contribution in [3.8, 4) is 5.75 Å². The fourth-order valence-corrected chi connectivity index (χ4v) is 3.89. The zero-order valence-corrected chi connectivity index (χ0v) is 18.1. The van der Waals surface area contributed by atoms with Crippen LogP contribution in [0.3, 0.4) is 0 Å². The number of hydrogen-bond acceptors (Lipinski definition) is 4. The van der Waals surface area contributed by atoms with Crippen LogP contribution in [0.15, 0.2) is 72.8 Å². The maximum absolute atomic E-state index is 12.6. The molecule has 156 valence electrons. The average molecular weight is 445 g/mol. The minimum absolute atomic E-state index is 0.156. The zero-order valence-electron chi connectivity index (χ0n) is 16.5. The van der Waals surface area contributed by atoms with Crippen LogP contribution in [0.25, 0.3) is 0 Å². The molecule has 0 aliphatic carbocycles. The van der Waals surface area contributed by atoms with Crippen LogP contribution in [0.1, 0.15) is 15.9 Å². The molecule has 30 heavy (non-hydrogen) atoms. The number of nitrogens with one attached hydrogen (secondary N) is 1. The van der Waals surface area contributed by atoms with Gasteiger partial charge in [0.15, 0.2) is 0 Å². The van der Waals surface area contributed by atoms with E-state index >= 15 is 0 Å². The molecule has 0 aromatic heterocycles. The van der Waals surface area contributed by atoms with Crippen LogP contribution < -0.4 is 14.4 Å². The summed E-state index contributed by atoms with van der Waals surface area (Å²) in [6.45, 7) is 0.156. The van der Waals surface area contributed by atoms with E-state index in [2.05, 4.69) is 5.32 Å². The quantitative estimate of drug-likeness (QED) is 0.579. The molecule has 0 saturated heterocycles. The number of rotatable bonds is 7. The van der Waals surface area contributed by atoms with Crippen molar-refractivity contribution in [2.24, 2.45) is 0 Å². The lowest BCUT2D eigenvalue weighted by molar-refractivity contribution is 0.102. The Morgan fingerprint density at radius 2 is 1.63 bits per heavy atom. The van der Waals surface area contributed by atoms with Gasteiger partial charge in [0.2, 0.25) is 10.0 Å². The average Bonchev–Trinajstić information content (AvgIpc) is 2.73. The summed E-state index contributed by atoms with van der Waals surface area (Å²) in [5.74, 6) is 0.225. The highest BCUT2D eigenvalue weighted by Crippen LogP contribution is 2.25. The van der Waals surface area contributed by atoms with E-state index < -0.39 is 10.0 Å². The summed E-state index contributed by atoms with van der Waals surface area (Å²) in [5, 5.41) is 3.37. The van der Waals surface area contributed by atoms with E-state index in [1.54, 1.807) is 66.7 Å². The van der Waals surface area contributed by atoms with Gasteiger partial charge in [0, 0.05) is 10.6 Å². The van der Waals surface area contributed by atoms with E-state index in [4.69, 9.17) is 16.3 Å². The molecule has 0 heterocycles. The first-order valence-corrected chi connectivity index (χ1v) is 11.3. The van der Waals surface area contributed by atoms with Crippen LogP contribution >= 0.6 is 11.6 Å². The highest BCUT2D eigenvalue weighted by Gasteiger charge is 2.19. The Labute approximate surface area is 181 Å². The summed E-state index contributed by atoms with van der Waals surface area (Å²) in [7, 11) is -2.01. The van der Waals surface area contributed by atoms with Crippen molar-refractivity contribution in [2.75, 3.05) is 23.0 Å². The van der Waals surface area contributed by atoms with E-state index in [0.29, 0.717) is 27.7 Å². The minimum atomic E-state index is -3.53. The smallest absolute Gasteiger partial charge is 0.255 e. The fraction of sp³-hybridized carbons (Fsp3) is 0.136. The zero-order chi connectivity index (χ0) is 21.7. The van der Waals surface area contributed by atoms with Crippen molar-refractivity contribution in [3.05, 3.63) is 88.9 Å².